The first-order valence-corrected chi connectivity index (χ1v) is 10.9. The third kappa shape index (κ3) is 3.46. The number of rotatable bonds is 5. The summed E-state index contributed by atoms with van der Waals surface area (Å²) >= 11 is 1.47. The van der Waals surface area contributed by atoms with Gasteiger partial charge in [0.1, 0.15) is 22.7 Å². The van der Waals surface area contributed by atoms with Crippen LogP contribution in [-0.4, -0.2) is 10.2 Å². The van der Waals surface area contributed by atoms with Crippen molar-refractivity contribution in [2.75, 3.05) is 0 Å². The van der Waals surface area contributed by atoms with Gasteiger partial charge >= 0.3 is 11.3 Å². The van der Waals surface area contributed by atoms with Crippen LogP contribution in [0.15, 0.2) is 84.5 Å². The number of hydrogen-bond donors (Lipinski definition) is 2. The summed E-state index contributed by atoms with van der Waals surface area (Å²) in [5, 5.41) is 24.4. The summed E-state index contributed by atoms with van der Waals surface area (Å²) in [5.41, 5.74) is -0.382. The van der Waals surface area contributed by atoms with E-state index in [2.05, 4.69) is 0 Å². The van der Waals surface area contributed by atoms with Gasteiger partial charge in [0.15, 0.2) is 0 Å². The van der Waals surface area contributed by atoms with E-state index < -0.39 is 11.3 Å². The van der Waals surface area contributed by atoms with Crippen molar-refractivity contribution in [2.45, 2.75) is 18.8 Å². The average molecular weight is 446 g/mol. The van der Waals surface area contributed by atoms with Gasteiger partial charge in [-0.3, -0.25) is 0 Å². The van der Waals surface area contributed by atoms with Crippen molar-refractivity contribution < 1.29 is 19.0 Å². The lowest BCUT2D eigenvalue weighted by Gasteiger charge is -2.17. The second-order valence-electron chi connectivity index (χ2n) is 7.55. The molecule has 0 bridgehead atoms. The van der Waals surface area contributed by atoms with Gasteiger partial charge < -0.3 is 19.0 Å². The van der Waals surface area contributed by atoms with E-state index in [0.29, 0.717) is 21.9 Å². The topological polar surface area (TPSA) is 101 Å². The molecular formula is C25H18O6S. The van der Waals surface area contributed by atoms with Crippen molar-refractivity contribution in [2.24, 2.45) is 0 Å². The molecule has 0 amide bonds. The van der Waals surface area contributed by atoms with E-state index >= 15 is 0 Å². The zero-order valence-electron chi connectivity index (χ0n) is 16.8. The van der Waals surface area contributed by atoms with E-state index in [1.807, 2.05) is 17.5 Å². The Hall–Kier alpha value is -3.84. The molecule has 3 aromatic heterocycles. The monoisotopic (exact) mass is 446 g/mol. The summed E-state index contributed by atoms with van der Waals surface area (Å²) in [7, 11) is 0. The van der Waals surface area contributed by atoms with Crippen molar-refractivity contribution in [1.29, 1.82) is 0 Å². The fraction of sp³-hybridized carbons (Fsp3) is 0.120. The molecule has 2 aromatic carbocycles. The highest BCUT2D eigenvalue weighted by Crippen LogP contribution is 2.35. The number of para-hydroxylation sites is 2. The van der Waals surface area contributed by atoms with Gasteiger partial charge in [-0.2, -0.15) is 0 Å². The summed E-state index contributed by atoms with van der Waals surface area (Å²) in [6, 6.07) is 17.3. The SMILES string of the molecule is O=c1oc2ccccc2c(O)c1CC(Cc1c(O)c2ccccc2oc1=O)c1cccs1. The van der Waals surface area contributed by atoms with Crippen LogP contribution in [0.1, 0.15) is 21.9 Å². The van der Waals surface area contributed by atoms with Crippen molar-refractivity contribution in [1.82, 2.24) is 0 Å². The smallest absolute Gasteiger partial charge is 0.343 e. The maximum Gasteiger partial charge on any atom is 0.343 e. The Kier molecular flexibility index (Phi) is 5.03. The lowest BCUT2D eigenvalue weighted by atomic mass is 9.91. The highest BCUT2D eigenvalue weighted by molar-refractivity contribution is 7.10. The van der Waals surface area contributed by atoms with E-state index in [4.69, 9.17) is 8.83 Å². The molecule has 5 aromatic rings. The molecule has 32 heavy (non-hydrogen) atoms. The van der Waals surface area contributed by atoms with Crippen LogP contribution in [0.3, 0.4) is 0 Å². The first kappa shape index (κ1) is 20.1. The van der Waals surface area contributed by atoms with E-state index in [9.17, 15) is 19.8 Å². The summed E-state index contributed by atoms with van der Waals surface area (Å²) in [6.45, 7) is 0. The molecule has 5 rings (SSSR count). The molecule has 0 fully saturated rings. The highest BCUT2D eigenvalue weighted by atomic mass is 32.1. The molecule has 2 N–H and O–H groups in total. The standard InChI is InChI=1S/C25H18O6S/c26-22-15-6-1-3-8-19(15)30-24(28)17(22)12-14(21-10-5-11-32-21)13-18-23(27)16-7-2-4-9-20(16)31-25(18)29/h1-11,14,26-27H,12-13H2. The van der Waals surface area contributed by atoms with E-state index in [1.54, 1.807) is 48.5 Å². The molecule has 0 radical (unpaired) electrons. The van der Waals surface area contributed by atoms with Gasteiger partial charge in [0.25, 0.3) is 0 Å². The van der Waals surface area contributed by atoms with Gasteiger partial charge in [-0.1, -0.05) is 30.3 Å². The number of aromatic hydroxyl groups is 2. The maximum absolute atomic E-state index is 12.7. The van der Waals surface area contributed by atoms with Crippen molar-refractivity contribution in [3.05, 3.63) is 103 Å². The Morgan fingerprint density at radius 1 is 0.719 bits per heavy atom. The summed E-state index contributed by atoms with van der Waals surface area (Å²) in [5.74, 6) is -0.624. The molecule has 0 aliphatic carbocycles. The Bertz CT molecular complexity index is 1440. The third-order valence-corrected chi connectivity index (χ3v) is 6.64. The molecule has 7 heteroatoms. The lowest BCUT2D eigenvalue weighted by molar-refractivity contribution is 0.443. The van der Waals surface area contributed by atoms with Gasteiger partial charge in [-0.15, -0.1) is 11.3 Å². The Labute approximate surface area is 185 Å². The van der Waals surface area contributed by atoms with Crippen LogP contribution in [0.25, 0.3) is 21.9 Å². The molecule has 6 nitrogen and oxygen atoms in total. The minimum Gasteiger partial charge on any atom is -0.507 e. The predicted octanol–water partition coefficient (Wildman–Crippen LogP) is 4.94. The zero-order valence-corrected chi connectivity index (χ0v) is 17.6. The predicted molar refractivity (Wildman–Crippen MR) is 123 cm³/mol. The summed E-state index contributed by atoms with van der Waals surface area (Å²) in [6.07, 6.45) is 0.260. The summed E-state index contributed by atoms with van der Waals surface area (Å²) in [4.78, 5) is 26.2. The van der Waals surface area contributed by atoms with Gasteiger partial charge in [0.05, 0.1) is 21.9 Å². The number of thiophene rings is 1. The average Bonchev–Trinajstić information content (AvgIpc) is 3.33. The maximum atomic E-state index is 12.7. The molecule has 0 aliphatic heterocycles. The summed E-state index contributed by atoms with van der Waals surface area (Å²) < 4.78 is 10.8. The molecule has 0 spiro atoms. The molecule has 0 saturated heterocycles. The fourth-order valence-corrected chi connectivity index (χ4v) is 4.82. The lowest BCUT2D eigenvalue weighted by Crippen LogP contribution is -2.17. The molecule has 160 valence electrons. The Balaban J connectivity index is 1.61. The van der Waals surface area contributed by atoms with Crippen LogP contribution in [0.5, 0.6) is 11.5 Å². The second-order valence-corrected chi connectivity index (χ2v) is 8.53. The Morgan fingerprint density at radius 2 is 1.22 bits per heavy atom. The van der Waals surface area contributed by atoms with Crippen LogP contribution in [-0.2, 0) is 12.8 Å². The number of hydrogen-bond acceptors (Lipinski definition) is 7. The Morgan fingerprint density at radius 3 is 1.69 bits per heavy atom. The normalized spacial score (nSPS) is 11.5. The molecule has 0 atom stereocenters. The van der Waals surface area contributed by atoms with Gasteiger partial charge in [-0.05, 0) is 48.6 Å². The molecular weight excluding hydrogens is 428 g/mol. The third-order valence-electron chi connectivity index (χ3n) is 5.60. The number of benzene rings is 2. The van der Waals surface area contributed by atoms with Crippen molar-refractivity contribution in [3.63, 3.8) is 0 Å². The molecule has 0 saturated carbocycles. The number of fused-ring (bicyclic) bond motifs is 2. The van der Waals surface area contributed by atoms with E-state index in [1.165, 1.54) is 11.3 Å². The minimum absolute atomic E-state index is 0.130. The zero-order chi connectivity index (χ0) is 22.2. The van der Waals surface area contributed by atoms with Crippen molar-refractivity contribution in [3.8, 4) is 11.5 Å². The minimum atomic E-state index is -0.627. The molecule has 3 heterocycles. The van der Waals surface area contributed by atoms with Crippen LogP contribution in [0.4, 0.5) is 0 Å². The fourth-order valence-electron chi connectivity index (χ4n) is 3.99. The van der Waals surface area contributed by atoms with Crippen LogP contribution < -0.4 is 11.3 Å². The largest absolute Gasteiger partial charge is 0.507 e. The molecule has 0 unspecified atom stereocenters. The highest BCUT2D eigenvalue weighted by Gasteiger charge is 2.25. The van der Waals surface area contributed by atoms with Crippen LogP contribution >= 0.6 is 11.3 Å². The van der Waals surface area contributed by atoms with E-state index in [-0.39, 0.29) is 41.4 Å². The quantitative estimate of drug-likeness (QED) is 0.371. The van der Waals surface area contributed by atoms with Gasteiger partial charge in [0, 0.05) is 10.8 Å². The van der Waals surface area contributed by atoms with Gasteiger partial charge in [0.2, 0.25) is 0 Å². The van der Waals surface area contributed by atoms with Crippen LogP contribution in [0, 0.1) is 0 Å². The van der Waals surface area contributed by atoms with Crippen LogP contribution in [0.2, 0.25) is 0 Å². The van der Waals surface area contributed by atoms with Crippen molar-refractivity contribution >= 4 is 33.3 Å². The first-order chi connectivity index (χ1) is 15.5. The van der Waals surface area contributed by atoms with Gasteiger partial charge in [-0.25, -0.2) is 9.59 Å². The second kappa shape index (κ2) is 8.01. The first-order valence-electron chi connectivity index (χ1n) is 10.0. The molecule has 0 aliphatic rings. The van der Waals surface area contributed by atoms with E-state index in [0.717, 1.165) is 4.88 Å².